The van der Waals surface area contributed by atoms with Crippen LogP contribution in [0.25, 0.3) is 0 Å². The molecule has 2 aromatic rings. The summed E-state index contributed by atoms with van der Waals surface area (Å²) in [7, 11) is 0. The van der Waals surface area contributed by atoms with Gasteiger partial charge in [-0.15, -0.1) is 0 Å². The number of aliphatic hydroxyl groups is 1. The van der Waals surface area contributed by atoms with Crippen molar-refractivity contribution in [1.82, 2.24) is 5.32 Å². The summed E-state index contributed by atoms with van der Waals surface area (Å²) in [6, 6.07) is 8.58. The highest BCUT2D eigenvalue weighted by molar-refractivity contribution is 6.39. The molecule has 0 bridgehead atoms. The summed E-state index contributed by atoms with van der Waals surface area (Å²) in [5.74, 6) is -1.82. The fraction of sp³-hybridized carbons (Fsp3) is 0.250. The summed E-state index contributed by atoms with van der Waals surface area (Å²) in [5, 5.41) is 14.8. The Kier molecular flexibility index (Phi) is 5.13. The number of amides is 2. The number of benzene rings is 1. The van der Waals surface area contributed by atoms with Crippen LogP contribution in [0.3, 0.4) is 0 Å². The Morgan fingerprint density at radius 1 is 1.26 bits per heavy atom. The molecule has 0 aliphatic heterocycles. The quantitative estimate of drug-likeness (QED) is 0.728. The first-order valence-electron chi connectivity index (χ1n) is 6.95. The molecule has 2 amide bonds. The van der Waals surface area contributed by atoms with E-state index >= 15 is 0 Å². The number of rotatable bonds is 5. The van der Waals surface area contributed by atoms with Gasteiger partial charge < -0.3 is 20.2 Å². The molecule has 7 heteroatoms. The molecule has 1 atom stereocenters. The predicted octanol–water partition coefficient (Wildman–Crippen LogP) is 1.47. The number of nitrogens with one attached hydrogen (secondary N) is 2. The van der Waals surface area contributed by atoms with Gasteiger partial charge in [-0.05, 0) is 37.3 Å². The zero-order chi connectivity index (χ0) is 16.9. The number of halogens is 1. The van der Waals surface area contributed by atoms with Crippen molar-refractivity contribution < 1.29 is 23.5 Å². The Labute approximate surface area is 132 Å². The number of furan rings is 1. The standard InChI is InChI=1S/C16H17FN2O4/c1-16(22,9-13-6-3-7-23-13)10-18-14(20)15(21)19-12-5-2-4-11(17)8-12/h2-8,22H,9-10H2,1H3,(H,18,20)(H,19,21). The number of hydrogen-bond acceptors (Lipinski definition) is 4. The van der Waals surface area contributed by atoms with Crippen molar-refractivity contribution in [2.24, 2.45) is 0 Å². The van der Waals surface area contributed by atoms with E-state index in [4.69, 9.17) is 4.42 Å². The van der Waals surface area contributed by atoms with Crippen molar-refractivity contribution >= 4 is 17.5 Å². The summed E-state index contributed by atoms with van der Waals surface area (Å²) >= 11 is 0. The van der Waals surface area contributed by atoms with Gasteiger partial charge in [-0.3, -0.25) is 9.59 Å². The van der Waals surface area contributed by atoms with Crippen molar-refractivity contribution in [3.8, 4) is 0 Å². The minimum Gasteiger partial charge on any atom is -0.469 e. The summed E-state index contributed by atoms with van der Waals surface area (Å²) in [5.41, 5.74) is -1.10. The first-order valence-corrected chi connectivity index (χ1v) is 6.95. The van der Waals surface area contributed by atoms with Gasteiger partial charge in [0.15, 0.2) is 0 Å². The molecule has 0 aliphatic rings. The van der Waals surface area contributed by atoms with Gasteiger partial charge >= 0.3 is 11.8 Å². The van der Waals surface area contributed by atoms with Crippen LogP contribution in [0.5, 0.6) is 0 Å². The fourth-order valence-electron chi connectivity index (χ4n) is 1.96. The molecule has 0 aliphatic carbocycles. The van der Waals surface area contributed by atoms with Crippen molar-refractivity contribution in [1.29, 1.82) is 0 Å². The fourth-order valence-corrected chi connectivity index (χ4v) is 1.96. The largest absolute Gasteiger partial charge is 0.469 e. The summed E-state index contributed by atoms with van der Waals surface area (Å²) in [6.45, 7) is 1.38. The van der Waals surface area contributed by atoms with Gasteiger partial charge in [0.2, 0.25) is 0 Å². The van der Waals surface area contributed by atoms with E-state index in [1.54, 1.807) is 12.1 Å². The maximum Gasteiger partial charge on any atom is 0.313 e. The number of carbonyl (C=O) groups is 2. The topological polar surface area (TPSA) is 91.6 Å². The molecule has 3 N–H and O–H groups in total. The lowest BCUT2D eigenvalue weighted by atomic mass is 10.0. The molecule has 0 fully saturated rings. The summed E-state index contributed by atoms with van der Waals surface area (Å²) in [4.78, 5) is 23.4. The highest BCUT2D eigenvalue weighted by atomic mass is 19.1. The zero-order valence-corrected chi connectivity index (χ0v) is 12.5. The molecule has 0 saturated carbocycles. The van der Waals surface area contributed by atoms with Crippen LogP contribution < -0.4 is 10.6 Å². The van der Waals surface area contributed by atoms with Crippen LogP contribution in [0, 0.1) is 5.82 Å². The second kappa shape index (κ2) is 7.06. The number of carbonyl (C=O) groups excluding carboxylic acids is 2. The van der Waals surface area contributed by atoms with E-state index in [1.165, 1.54) is 31.4 Å². The SMILES string of the molecule is CC(O)(CNC(=O)C(=O)Nc1cccc(F)c1)Cc1ccco1. The van der Waals surface area contributed by atoms with Gasteiger partial charge in [0.05, 0.1) is 11.9 Å². The molecular weight excluding hydrogens is 303 g/mol. The molecule has 1 aromatic carbocycles. The normalized spacial score (nSPS) is 13.2. The van der Waals surface area contributed by atoms with Crippen molar-refractivity contribution in [2.45, 2.75) is 18.9 Å². The Morgan fingerprint density at radius 3 is 2.70 bits per heavy atom. The molecule has 0 spiro atoms. The average molecular weight is 320 g/mol. The minimum atomic E-state index is -1.27. The molecule has 0 saturated heterocycles. The summed E-state index contributed by atoms with van der Waals surface area (Å²) in [6.07, 6.45) is 1.67. The second-order valence-corrected chi connectivity index (χ2v) is 5.40. The van der Waals surface area contributed by atoms with E-state index in [2.05, 4.69) is 10.6 Å². The van der Waals surface area contributed by atoms with Crippen LogP contribution in [0.2, 0.25) is 0 Å². The maximum atomic E-state index is 13.0. The lowest BCUT2D eigenvalue weighted by molar-refractivity contribution is -0.136. The molecular formula is C16H17FN2O4. The van der Waals surface area contributed by atoms with E-state index in [1.807, 2.05) is 0 Å². The molecule has 23 heavy (non-hydrogen) atoms. The van der Waals surface area contributed by atoms with Gasteiger partial charge in [-0.1, -0.05) is 6.07 Å². The van der Waals surface area contributed by atoms with Crippen molar-refractivity contribution in [3.63, 3.8) is 0 Å². The highest BCUT2D eigenvalue weighted by Crippen LogP contribution is 2.13. The lowest BCUT2D eigenvalue weighted by Gasteiger charge is -2.22. The minimum absolute atomic E-state index is 0.136. The third-order valence-electron chi connectivity index (χ3n) is 3.05. The third-order valence-corrected chi connectivity index (χ3v) is 3.05. The summed E-state index contributed by atoms with van der Waals surface area (Å²) < 4.78 is 18.1. The van der Waals surface area contributed by atoms with Crippen LogP contribution in [0.1, 0.15) is 12.7 Å². The Balaban J connectivity index is 1.84. The molecule has 122 valence electrons. The van der Waals surface area contributed by atoms with E-state index in [9.17, 15) is 19.1 Å². The van der Waals surface area contributed by atoms with E-state index < -0.39 is 23.2 Å². The van der Waals surface area contributed by atoms with E-state index in [0.717, 1.165) is 6.07 Å². The lowest BCUT2D eigenvalue weighted by Crippen LogP contribution is -2.45. The Morgan fingerprint density at radius 2 is 2.04 bits per heavy atom. The zero-order valence-electron chi connectivity index (χ0n) is 12.5. The molecule has 1 aromatic heterocycles. The van der Waals surface area contributed by atoms with Gasteiger partial charge in [0, 0.05) is 18.7 Å². The van der Waals surface area contributed by atoms with Gasteiger partial charge in [-0.2, -0.15) is 0 Å². The van der Waals surface area contributed by atoms with E-state index in [-0.39, 0.29) is 18.7 Å². The molecule has 1 heterocycles. The highest BCUT2D eigenvalue weighted by Gasteiger charge is 2.25. The van der Waals surface area contributed by atoms with Gasteiger partial charge in [0.1, 0.15) is 11.6 Å². The Hall–Kier alpha value is -2.67. The average Bonchev–Trinajstić information content (AvgIpc) is 2.97. The maximum absolute atomic E-state index is 13.0. The van der Waals surface area contributed by atoms with Crippen LogP contribution in [-0.4, -0.2) is 29.1 Å². The number of hydrogen-bond donors (Lipinski definition) is 3. The molecule has 6 nitrogen and oxygen atoms in total. The van der Waals surface area contributed by atoms with Crippen molar-refractivity contribution in [3.05, 3.63) is 54.2 Å². The number of anilines is 1. The van der Waals surface area contributed by atoms with Crippen LogP contribution in [0.15, 0.2) is 47.1 Å². The van der Waals surface area contributed by atoms with Crippen LogP contribution >= 0.6 is 0 Å². The molecule has 0 radical (unpaired) electrons. The van der Waals surface area contributed by atoms with Gasteiger partial charge in [-0.25, -0.2) is 4.39 Å². The van der Waals surface area contributed by atoms with E-state index in [0.29, 0.717) is 5.76 Å². The molecule has 1 unspecified atom stereocenters. The third kappa shape index (κ3) is 5.23. The second-order valence-electron chi connectivity index (χ2n) is 5.40. The predicted molar refractivity (Wildman–Crippen MR) is 81.1 cm³/mol. The molecule has 2 rings (SSSR count). The smallest absolute Gasteiger partial charge is 0.313 e. The van der Waals surface area contributed by atoms with Crippen LogP contribution in [0.4, 0.5) is 10.1 Å². The Bertz CT molecular complexity index is 683. The first kappa shape index (κ1) is 16.7. The monoisotopic (exact) mass is 320 g/mol. The first-order chi connectivity index (χ1) is 10.9. The van der Waals surface area contributed by atoms with Gasteiger partial charge in [0.25, 0.3) is 0 Å². The van der Waals surface area contributed by atoms with Crippen LogP contribution in [-0.2, 0) is 16.0 Å². The van der Waals surface area contributed by atoms with Crippen molar-refractivity contribution in [2.75, 3.05) is 11.9 Å².